The number of rotatable bonds is 6. The Hall–Kier alpha value is -2.06. The third-order valence-corrected chi connectivity index (χ3v) is 4.13. The first-order valence-corrected chi connectivity index (χ1v) is 8.40. The maximum absolute atomic E-state index is 10.5. The van der Waals surface area contributed by atoms with Gasteiger partial charge in [0.1, 0.15) is 5.75 Å². The fraction of sp³-hybridized carbons (Fsp3) is 0.381. The standard InChI is InChI=1S/C21H26O3/c1-14(2)16(13-15(3)22)7-6-10-20(23)19-11-12-21(24)18-9-5-4-8-17(18)19/h4-6,8-9,11-12,14-15,20,22-24H,10,13H2,1-3H3/t7?,15-,20+/m0/s1. The number of benzene rings is 2. The molecule has 0 aliphatic rings. The zero-order valence-corrected chi connectivity index (χ0v) is 14.5. The van der Waals surface area contributed by atoms with E-state index in [0.29, 0.717) is 18.8 Å². The van der Waals surface area contributed by atoms with Gasteiger partial charge >= 0.3 is 0 Å². The predicted molar refractivity (Wildman–Crippen MR) is 97.9 cm³/mol. The van der Waals surface area contributed by atoms with E-state index in [4.69, 9.17) is 0 Å². The SMILES string of the molecule is CC(C)C(=C=CC[C@@H](O)c1ccc(O)c2ccccc12)C[C@H](C)O. The number of aliphatic hydroxyl groups excluding tert-OH is 2. The van der Waals surface area contributed by atoms with Gasteiger partial charge < -0.3 is 15.3 Å². The van der Waals surface area contributed by atoms with E-state index in [9.17, 15) is 15.3 Å². The minimum atomic E-state index is -0.664. The minimum absolute atomic E-state index is 0.219. The molecule has 0 saturated heterocycles. The van der Waals surface area contributed by atoms with Crippen LogP contribution in [0, 0.1) is 5.92 Å². The molecule has 0 unspecified atom stereocenters. The van der Waals surface area contributed by atoms with Crippen LogP contribution >= 0.6 is 0 Å². The number of aliphatic hydroxyl groups is 2. The first-order valence-electron chi connectivity index (χ1n) is 8.40. The molecule has 0 spiro atoms. The molecule has 24 heavy (non-hydrogen) atoms. The largest absolute Gasteiger partial charge is 0.507 e. The van der Waals surface area contributed by atoms with Gasteiger partial charge in [-0.2, -0.15) is 0 Å². The molecule has 0 aliphatic heterocycles. The summed E-state index contributed by atoms with van der Waals surface area (Å²) in [6.45, 7) is 5.91. The normalized spacial score (nSPS) is 13.6. The Balaban J connectivity index is 2.26. The summed E-state index contributed by atoms with van der Waals surface area (Å²) >= 11 is 0. The third-order valence-electron chi connectivity index (χ3n) is 4.13. The molecule has 3 heteroatoms. The van der Waals surface area contributed by atoms with Crippen LogP contribution in [0.5, 0.6) is 5.75 Å². The Morgan fingerprint density at radius 1 is 1.04 bits per heavy atom. The lowest BCUT2D eigenvalue weighted by Gasteiger charge is -2.13. The van der Waals surface area contributed by atoms with Crippen molar-refractivity contribution in [2.24, 2.45) is 5.92 Å². The number of phenols is 1. The van der Waals surface area contributed by atoms with Gasteiger partial charge in [0.15, 0.2) is 0 Å². The smallest absolute Gasteiger partial charge is 0.123 e. The second-order valence-electron chi connectivity index (χ2n) is 6.55. The maximum atomic E-state index is 10.5. The van der Waals surface area contributed by atoms with Crippen molar-refractivity contribution in [3.8, 4) is 5.75 Å². The van der Waals surface area contributed by atoms with Gasteiger partial charge in [0, 0.05) is 18.2 Å². The zero-order valence-electron chi connectivity index (χ0n) is 14.5. The van der Waals surface area contributed by atoms with Crippen molar-refractivity contribution in [1.82, 2.24) is 0 Å². The van der Waals surface area contributed by atoms with Crippen LogP contribution in [-0.2, 0) is 0 Å². The number of fused-ring (bicyclic) bond motifs is 1. The van der Waals surface area contributed by atoms with Gasteiger partial charge in [-0.25, -0.2) is 0 Å². The fourth-order valence-corrected chi connectivity index (χ4v) is 2.81. The van der Waals surface area contributed by atoms with Crippen LogP contribution in [0.2, 0.25) is 0 Å². The highest BCUT2D eigenvalue weighted by molar-refractivity contribution is 5.91. The van der Waals surface area contributed by atoms with Gasteiger partial charge in [0.05, 0.1) is 12.2 Å². The van der Waals surface area contributed by atoms with E-state index < -0.39 is 12.2 Å². The molecular formula is C21H26O3. The van der Waals surface area contributed by atoms with Crippen LogP contribution < -0.4 is 0 Å². The molecule has 0 amide bonds. The molecule has 0 aromatic heterocycles. The molecule has 0 aliphatic carbocycles. The van der Waals surface area contributed by atoms with Gasteiger partial charge in [-0.05, 0) is 41.5 Å². The second-order valence-corrected chi connectivity index (χ2v) is 6.55. The first-order chi connectivity index (χ1) is 11.4. The van der Waals surface area contributed by atoms with Crippen molar-refractivity contribution in [3.63, 3.8) is 0 Å². The lowest BCUT2D eigenvalue weighted by molar-refractivity contribution is 0.183. The summed E-state index contributed by atoms with van der Waals surface area (Å²) in [7, 11) is 0. The molecule has 0 heterocycles. The van der Waals surface area contributed by atoms with Crippen LogP contribution in [0.3, 0.4) is 0 Å². The number of hydrogen-bond donors (Lipinski definition) is 3. The highest BCUT2D eigenvalue weighted by Crippen LogP contribution is 2.32. The molecule has 0 radical (unpaired) electrons. The summed E-state index contributed by atoms with van der Waals surface area (Å²) in [5.74, 6) is 0.526. The van der Waals surface area contributed by atoms with Crippen LogP contribution in [0.25, 0.3) is 10.8 Å². The molecule has 2 aromatic carbocycles. The van der Waals surface area contributed by atoms with E-state index in [1.807, 2.05) is 30.3 Å². The molecule has 128 valence electrons. The van der Waals surface area contributed by atoms with Gasteiger partial charge in [0.2, 0.25) is 0 Å². The topological polar surface area (TPSA) is 60.7 Å². The summed E-state index contributed by atoms with van der Waals surface area (Å²) in [5.41, 5.74) is 5.08. The summed E-state index contributed by atoms with van der Waals surface area (Å²) in [4.78, 5) is 0. The summed E-state index contributed by atoms with van der Waals surface area (Å²) < 4.78 is 0. The molecule has 0 bridgehead atoms. The molecular weight excluding hydrogens is 300 g/mol. The average Bonchev–Trinajstić information content (AvgIpc) is 2.54. The van der Waals surface area contributed by atoms with E-state index in [1.165, 1.54) is 0 Å². The van der Waals surface area contributed by atoms with Gasteiger partial charge in [0.25, 0.3) is 0 Å². The molecule has 3 N–H and O–H groups in total. The van der Waals surface area contributed by atoms with E-state index in [1.54, 1.807) is 19.1 Å². The second kappa shape index (κ2) is 8.16. The Morgan fingerprint density at radius 2 is 1.71 bits per heavy atom. The van der Waals surface area contributed by atoms with Crippen LogP contribution in [0.4, 0.5) is 0 Å². The molecule has 3 nitrogen and oxygen atoms in total. The molecule has 0 saturated carbocycles. The first kappa shape index (κ1) is 18.3. The molecule has 2 rings (SSSR count). The van der Waals surface area contributed by atoms with E-state index in [-0.39, 0.29) is 5.75 Å². The summed E-state index contributed by atoms with van der Waals surface area (Å²) in [6.07, 6.45) is 1.80. The average molecular weight is 326 g/mol. The lowest BCUT2D eigenvalue weighted by Crippen LogP contribution is -2.04. The maximum Gasteiger partial charge on any atom is 0.123 e. The predicted octanol–water partition coefficient (Wildman–Crippen LogP) is 4.48. The van der Waals surface area contributed by atoms with Crippen molar-refractivity contribution in [3.05, 3.63) is 59.3 Å². The quantitative estimate of drug-likeness (QED) is 0.686. The number of hydrogen-bond acceptors (Lipinski definition) is 3. The molecule has 0 fully saturated rings. The number of phenolic OH excluding ortho intramolecular Hbond substituents is 1. The third kappa shape index (κ3) is 4.48. The van der Waals surface area contributed by atoms with Crippen LogP contribution in [0.15, 0.2) is 53.8 Å². The Kier molecular flexibility index (Phi) is 6.22. The van der Waals surface area contributed by atoms with E-state index in [2.05, 4.69) is 19.6 Å². The minimum Gasteiger partial charge on any atom is -0.507 e. The lowest BCUT2D eigenvalue weighted by atomic mass is 9.96. The number of aromatic hydroxyl groups is 1. The van der Waals surface area contributed by atoms with Gasteiger partial charge in [-0.15, -0.1) is 5.73 Å². The Labute approximate surface area is 143 Å². The molecule has 2 aromatic rings. The van der Waals surface area contributed by atoms with E-state index >= 15 is 0 Å². The zero-order chi connectivity index (χ0) is 17.7. The van der Waals surface area contributed by atoms with Crippen LogP contribution in [0.1, 0.15) is 45.3 Å². The van der Waals surface area contributed by atoms with Crippen molar-refractivity contribution in [2.45, 2.75) is 45.8 Å². The van der Waals surface area contributed by atoms with Crippen molar-refractivity contribution >= 4 is 10.8 Å². The fourth-order valence-electron chi connectivity index (χ4n) is 2.81. The van der Waals surface area contributed by atoms with E-state index in [0.717, 1.165) is 21.9 Å². The molecule has 2 atom stereocenters. The Morgan fingerprint density at radius 3 is 2.33 bits per heavy atom. The highest BCUT2D eigenvalue weighted by atomic mass is 16.3. The monoisotopic (exact) mass is 326 g/mol. The summed E-state index contributed by atoms with van der Waals surface area (Å²) in [6, 6.07) is 10.9. The van der Waals surface area contributed by atoms with Crippen molar-refractivity contribution in [2.75, 3.05) is 0 Å². The Bertz CT molecular complexity index is 753. The van der Waals surface area contributed by atoms with Crippen molar-refractivity contribution in [1.29, 1.82) is 0 Å². The van der Waals surface area contributed by atoms with Gasteiger partial charge in [-0.1, -0.05) is 44.2 Å². The van der Waals surface area contributed by atoms with Gasteiger partial charge in [-0.3, -0.25) is 0 Å². The summed E-state index contributed by atoms with van der Waals surface area (Å²) in [5, 5.41) is 31.6. The van der Waals surface area contributed by atoms with Crippen molar-refractivity contribution < 1.29 is 15.3 Å². The van der Waals surface area contributed by atoms with Crippen LogP contribution in [-0.4, -0.2) is 21.4 Å². The highest BCUT2D eigenvalue weighted by Gasteiger charge is 2.12.